The summed E-state index contributed by atoms with van der Waals surface area (Å²) in [5.74, 6) is 0.266. The van der Waals surface area contributed by atoms with Crippen LogP contribution < -0.4 is 21.1 Å². The van der Waals surface area contributed by atoms with Gasteiger partial charge in [-0.05, 0) is 34.1 Å². The van der Waals surface area contributed by atoms with Crippen LogP contribution in [0.25, 0.3) is 0 Å². The van der Waals surface area contributed by atoms with Gasteiger partial charge in [0.25, 0.3) is 0 Å². The van der Waals surface area contributed by atoms with Crippen LogP contribution >= 0.6 is 24.0 Å². The average Bonchev–Trinajstić information content (AvgIpc) is 2.47. The van der Waals surface area contributed by atoms with Crippen molar-refractivity contribution in [3.05, 3.63) is 0 Å². The van der Waals surface area contributed by atoms with Crippen LogP contribution in [0.3, 0.4) is 0 Å². The summed E-state index contributed by atoms with van der Waals surface area (Å²) in [6.45, 7) is 10.5. The number of ether oxygens (including phenoxy) is 1. The normalized spacial score (nSPS) is 13.3. The lowest BCUT2D eigenvalue weighted by Crippen LogP contribution is -2.49. The van der Waals surface area contributed by atoms with Crippen LogP contribution in [0.15, 0.2) is 4.99 Å². The Bertz CT molecular complexity index is 550. The van der Waals surface area contributed by atoms with E-state index in [2.05, 4.69) is 27.9 Å². The fourth-order valence-corrected chi connectivity index (χ4v) is 2.34. The monoisotopic (exact) mass is 521 g/mol. The van der Waals surface area contributed by atoms with Gasteiger partial charge in [-0.2, -0.15) is 0 Å². The second-order valence-electron chi connectivity index (χ2n) is 6.99. The van der Waals surface area contributed by atoms with Crippen molar-refractivity contribution in [2.24, 2.45) is 10.1 Å². The lowest BCUT2D eigenvalue weighted by atomic mass is 10.1. The standard InChI is InChI=1S/C16H35N5O4S.HI/c1-6-8-9-13(12-20-15(22)25-16(3,4)5)21-14(18-7-2)19-10-11-26(17,23)24;/h13H,6-12H2,1-5H3,(H,20,22)(H2,17,23,24)(H2,18,19,21);1H. The predicted octanol–water partition coefficient (Wildman–Crippen LogP) is 1.53. The Labute approximate surface area is 180 Å². The van der Waals surface area contributed by atoms with Gasteiger partial charge < -0.3 is 20.7 Å². The number of guanidine groups is 1. The second-order valence-corrected chi connectivity index (χ2v) is 8.73. The van der Waals surface area contributed by atoms with Crippen molar-refractivity contribution in [2.75, 3.05) is 25.4 Å². The summed E-state index contributed by atoms with van der Waals surface area (Å²) in [5.41, 5.74) is -0.555. The molecule has 9 nitrogen and oxygen atoms in total. The number of hydrogen-bond donors (Lipinski definition) is 4. The van der Waals surface area contributed by atoms with Crippen LogP contribution in [0.5, 0.6) is 0 Å². The Hall–Kier alpha value is -0.820. The Morgan fingerprint density at radius 2 is 1.85 bits per heavy atom. The van der Waals surface area contributed by atoms with Gasteiger partial charge in [-0.15, -0.1) is 24.0 Å². The summed E-state index contributed by atoms with van der Waals surface area (Å²) in [4.78, 5) is 16.1. The zero-order chi connectivity index (χ0) is 20.2. The van der Waals surface area contributed by atoms with Crippen LogP contribution in [0, 0.1) is 0 Å². The fraction of sp³-hybridized carbons (Fsp3) is 0.875. The molecule has 0 rings (SSSR count). The molecule has 27 heavy (non-hydrogen) atoms. The molecule has 162 valence electrons. The van der Waals surface area contributed by atoms with Crippen LogP contribution in [0.1, 0.15) is 53.9 Å². The first kappa shape index (κ1) is 28.4. The van der Waals surface area contributed by atoms with Gasteiger partial charge in [0.2, 0.25) is 10.0 Å². The molecule has 0 radical (unpaired) electrons. The highest BCUT2D eigenvalue weighted by Gasteiger charge is 2.18. The smallest absolute Gasteiger partial charge is 0.407 e. The zero-order valence-corrected chi connectivity index (χ0v) is 20.1. The van der Waals surface area contributed by atoms with Gasteiger partial charge in [0.05, 0.1) is 12.3 Å². The third kappa shape index (κ3) is 18.3. The third-order valence-corrected chi connectivity index (χ3v) is 3.88. The molecule has 5 N–H and O–H groups in total. The first-order chi connectivity index (χ1) is 12.0. The quantitative estimate of drug-likeness (QED) is 0.196. The molecule has 0 aromatic rings. The van der Waals surface area contributed by atoms with E-state index in [-0.39, 0.29) is 42.3 Å². The van der Waals surface area contributed by atoms with Crippen molar-refractivity contribution in [2.45, 2.75) is 65.5 Å². The molecule has 1 unspecified atom stereocenters. The van der Waals surface area contributed by atoms with E-state index in [1.54, 1.807) is 20.8 Å². The molecule has 0 fully saturated rings. The van der Waals surface area contributed by atoms with Crippen LogP contribution in [0.2, 0.25) is 0 Å². The number of halogens is 1. The summed E-state index contributed by atoms with van der Waals surface area (Å²) < 4.78 is 27.3. The van der Waals surface area contributed by atoms with Gasteiger partial charge in [-0.25, -0.2) is 18.4 Å². The predicted molar refractivity (Wildman–Crippen MR) is 120 cm³/mol. The van der Waals surface area contributed by atoms with E-state index in [0.29, 0.717) is 19.0 Å². The maximum Gasteiger partial charge on any atom is 0.407 e. The van der Waals surface area contributed by atoms with E-state index >= 15 is 0 Å². The maximum atomic E-state index is 11.8. The molecule has 0 saturated heterocycles. The Balaban J connectivity index is 0. The molecule has 0 aromatic carbocycles. The van der Waals surface area contributed by atoms with E-state index in [1.165, 1.54) is 0 Å². The van der Waals surface area contributed by atoms with E-state index in [4.69, 9.17) is 9.88 Å². The molecule has 0 aromatic heterocycles. The van der Waals surface area contributed by atoms with Crippen molar-refractivity contribution in [3.63, 3.8) is 0 Å². The van der Waals surface area contributed by atoms with Crippen molar-refractivity contribution in [1.82, 2.24) is 16.0 Å². The Morgan fingerprint density at radius 3 is 2.33 bits per heavy atom. The number of alkyl carbamates (subject to hydrolysis) is 1. The maximum absolute atomic E-state index is 11.8. The van der Waals surface area contributed by atoms with E-state index < -0.39 is 21.7 Å². The number of nitrogens with zero attached hydrogens (tertiary/aromatic N) is 1. The van der Waals surface area contributed by atoms with Gasteiger partial charge in [0, 0.05) is 19.1 Å². The molecular formula is C16H36IN5O4S. The van der Waals surface area contributed by atoms with Gasteiger partial charge in [0.1, 0.15) is 5.60 Å². The molecule has 1 atom stereocenters. The fourth-order valence-electron chi connectivity index (χ4n) is 1.99. The molecule has 0 saturated carbocycles. The molecule has 1 amide bonds. The van der Waals surface area contributed by atoms with Crippen molar-refractivity contribution < 1.29 is 17.9 Å². The van der Waals surface area contributed by atoms with E-state index in [0.717, 1.165) is 19.3 Å². The van der Waals surface area contributed by atoms with E-state index in [9.17, 15) is 13.2 Å². The highest BCUT2D eigenvalue weighted by Crippen LogP contribution is 2.07. The Kier molecular flexibility index (Phi) is 14.9. The topological polar surface area (TPSA) is 135 Å². The minimum absolute atomic E-state index is 0. The summed E-state index contributed by atoms with van der Waals surface area (Å²) >= 11 is 0. The number of carbonyl (C=O) groups is 1. The molecule has 11 heteroatoms. The first-order valence-electron chi connectivity index (χ1n) is 8.99. The first-order valence-corrected chi connectivity index (χ1v) is 10.7. The number of primary sulfonamides is 1. The number of amides is 1. The molecule has 0 bridgehead atoms. The second kappa shape index (κ2) is 14.2. The Morgan fingerprint density at radius 1 is 1.22 bits per heavy atom. The van der Waals surface area contributed by atoms with Gasteiger partial charge >= 0.3 is 6.09 Å². The summed E-state index contributed by atoms with van der Waals surface area (Å²) in [7, 11) is -3.55. The highest BCUT2D eigenvalue weighted by atomic mass is 127. The van der Waals surface area contributed by atoms with Crippen molar-refractivity contribution in [1.29, 1.82) is 0 Å². The van der Waals surface area contributed by atoms with Crippen molar-refractivity contribution in [3.8, 4) is 0 Å². The van der Waals surface area contributed by atoms with Crippen LogP contribution in [0.4, 0.5) is 4.79 Å². The highest BCUT2D eigenvalue weighted by molar-refractivity contribution is 14.0. The minimum Gasteiger partial charge on any atom is -0.444 e. The molecule has 0 spiro atoms. The molecule has 0 aliphatic heterocycles. The number of unbranched alkanes of at least 4 members (excludes halogenated alkanes) is 1. The number of hydrogen-bond acceptors (Lipinski definition) is 5. The lowest BCUT2D eigenvalue weighted by molar-refractivity contribution is 0.0522. The average molecular weight is 521 g/mol. The molecule has 0 heterocycles. The van der Waals surface area contributed by atoms with Crippen molar-refractivity contribution >= 4 is 46.1 Å². The molecule has 0 aliphatic carbocycles. The SMILES string of the molecule is CCCCC(CNC(=O)OC(C)(C)C)NC(=NCCS(N)(=O)=O)NCC.I. The van der Waals surface area contributed by atoms with Gasteiger partial charge in [-0.3, -0.25) is 4.99 Å². The third-order valence-electron chi connectivity index (χ3n) is 3.13. The molecular weight excluding hydrogens is 485 g/mol. The number of sulfonamides is 1. The van der Waals surface area contributed by atoms with Gasteiger partial charge in [-0.1, -0.05) is 19.8 Å². The number of rotatable bonds is 10. The van der Waals surface area contributed by atoms with Crippen LogP contribution in [-0.4, -0.2) is 57.5 Å². The van der Waals surface area contributed by atoms with E-state index in [1.807, 2.05) is 6.92 Å². The summed E-state index contributed by atoms with van der Waals surface area (Å²) in [5, 5.41) is 14.0. The summed E-state index contributed by atoms with van der Waals surface area (Å²) in [6, 6.07) is -0.0604. The number of carbonyl (C=O) groups excluding carboxylic acids is 1. The molecule has 0 aliphatic rings. The lowest BCUT2D eigenvalue weighted by Gasteiger charge is -2.24. The van der Waals surface area contributed by atoms with Gasteiger partial charge in [0.15, 0.2) is 5.96 Å². The largest absolute Gasteiger partial charge is 0.444 e. The number of aliphatic imine (C=N–C) groups is 1. The summed E-state index contributed by atoms with van der Waals surface area (Å²) in [6.07, 6.45) is 2.34. The van der Waals surface area contributed by atoms with Crippen LogP contribution in [-0.2, 0) is 14.8 Å². The minimum atomic E-state index is -3.55. The number of nitrogens with two attached hydrogens (primary N) is 1. The zero-order valence-electron chi connectivity index (χ0n) is 17.0. The number of nitrogens with one attached hydrogen (secondary N) is 3.